The molecule has 0 aliphatic heterocycles. The number of phenols is 1. The molecule has 0 spiro atoms. The first-order valence-electron chi connectivity index (χ1n) is 6.48. The van der Waals surface area contributed by atoms with E-state index in [1.807, 2.05) is 13.0 Å². The zero-order chi connectivity index (χ0) is 15.7. The molecule has 2 N–H and O–H groups in total. The van der Waals surface area contributed by atoms with E-state index >= 15 is 0 Å². The van der Waals surface area contributed by atoms with Crippen molar-refractivity contribution >= 4 is 23.1 Å². The summed E-state index contributed by atoms with van der Waals surface area (Å²) in [6, 6.07) is 9.99. The summed E-state index contributed by atoms with van der Waals surface area (Å²) >= 11 is 0. The highest BCUT2D eigenvalue weighted by Gasteiger charge is 2.18. The van der Waals surface area contributed by atoms with Crippen molar-refractivity contribution in [2.45, 2.75) is 6.92 Å². The fourth-order valence-electron chi connectivity index (χ4n) is 2.02. The molecule has 0 amide bonds. The summed E-state index contributed by atoms with van der Waals surface area (Å²) in [4.78, 5) is 15.4. The number of carboxylic acid groups (broad SMARTS) is 1. The van der Waals surface area contributed by atoms with Crippen LogP contribution >= 0.6 is 0 Å². The number of hydrogen-bond donors (Lipinski definition) is 2. The number of carbonyl (C=O) groups is 1. The number of aromatic carboxylic acids is 1. The Morgan fingerprint density at radius 3 is 2.73 bits per heavy atom. The summed E-state index contributed by atoms with van der Waals surface area (Å²) in [5.41, 5.74) is 1.49. The summed E-state index contributed by atoms with van der Waals surface area (Å²) in [6.07, 6.45) is 1.68. The third-order valence-electron chi connectivity index (χ3n) is 3.09. The van der Waals surface area contributed by atoms with Crippen LogP contribution in [0.4, 0.5) is 11.5 Å². The third-order valence-corrected chi connectivity index (χ3v) is 3.09. The number of phenolic OH excluding ortho intramolecular Hbond substituents is 1. The molecule has 2 heterocycles. The van der Waals surface area contributed by atoms with Gasteiger partial charge in [0, 0.05) is 6.20 Å². The molecule has 0 aliphatic rings. The third kappa shape index (κ3) is 2.39. The van der Waals surface area contributed by atoms with Gasteiger partial charge in [0.15, 0.2) is 11.5 Å². The Kier molecular flexibility index (Phi) is 3.30. The van der Waals surface area contributed by atoms with Crippen molar-refractivity contribution in [1.82, 2.24) is 9.38 Å². The number of imidazole rings is 1. The number of aromatic hydroxyl groups is 1. The SMILES string of the molecule is Cc1ccn2c(N=Nc3ccccc3O)c(C(=O)O)nc2c1. The Bertz CT molecular complexity index is 899. The van der Waals surface area contributed by atoms with Gasteiger partial charge in [-0.1, -0.05) is 12.1 Å². The van der Waals surface area contributed by atoms with E-state index in [4.69, 9.17) is 0 Å². The molecule has 0 radical (unpaired) electrons. The van der Waals surface area contributed by atoms with Crippen LogP contribution in [-0.2, 0) is 0 Å². The van der Waals surface area contributed by atoms with E-state index in [1.165, 1.54) is 6.07 Å². The lowest BCUT2D eigenvalue weighted by Crippen LogP contribution is -1.96. The molecular formula is C15H12N4O3. The number of carboxylic acids is 1. The first-order valence-corrected chi connectivity index (χ1v) is 6.48. The van der Waals surface area contributed by atoms with Crippen LogP contribution in [-0.4, -0.2) is 25.6 Å². The number of hydrogen-bond acceptors (Lipinski definition) is 5. The second-order valence-electron chi connectivity index (χ2n) is 4.71. The second kappa shape index (κ2) is 5.28. The van der Waals surface area contributed by atoms with Gasteiger partial charge in [0.1, 0.15) is 17.1 Å². The summed E-state index contributed by atoms with van der Waals surface area (Å²) < 4.78 is 1.54. The highest BCUT2D eigenvalue weighted by atomic mass is 16.4. The lowest BCUT2D eigenvalue weighted by molar-refractivity contribution is 0.0692. The molecule has 0 unspecified atom stereocenters. The minimum absolute atomic E-state index is 0.0345. The monoisotopic (exact) mass is 296 g/mol. The number of pyridine rings is 1. The minimum Gasteiger partial charge on any atom is -0.506 e. The van der Waals surface area contributed by atoms with Crippen molar-refractivity contribution in [3.63, 3.8) is 0 Å². The van der Waals surface area contributed by atoms with E-state index in [0.717, 1.165) is 5.56 Å². The smallest absolute Gasteiger partial charge is 0.358 e. The van der Waals surface area contributed by atoms with Crippen LogP contribution < -0.4 is 0 Å². The first-order chi connectivity index (χ1) is 10.6. The second-order valence-corrected chi connectivity index (χ2v) is 4.71. The van der Waals surface area contributed by atoms with Crippen molar-refractivity contribution in [2.75, 3.05) is 0 Å². The summed E-state index contributed by atoms with van der Waals surface area (Å²) in [5, 5.41) is 26.8. The maximum atomic E-state index is 11.3. The van der Waals surface area contributed by atoms with Gasteiger partial charge in [-0.15, -0.1) is 10.2 Å². The minimum atomic E-state index is -1.19. The van der Waals surface area contributed by atoms with Crippen molar-refractivity contribution in [1.29, 1.82) is 0 Å². The molecule has 0 atom stereocenters. The molecule has 110 valence electrons. The predicted molar refractivity (Wildman–Crippen MR) is 79.2 cm³/mol. The van der Waals surface area contributed by atoms with Crippen molar-refractivity contribution < 1.29 is 15.0 Å². The molecule has 0 saturated carbocycles. The average Bonchev–Trinajstić information content (AvgIpc) is 2.84. The zero-order valence-electron chi connectivity index (χ0n) is 11.6. The number of fused-ring (bicyclic) bond motifs is 1. The highest BCUT2D eigenvalue weighted by molar-refractivity contribution is 5.91. The fourth-order valence-corrected chi connectivity index (χ4v) is 2.02. The summed E-state index contributed by atoms with van der Waals surface area (Å²) in [6.45, 7) is 1.89. The topological polar surface area (TPSA) is 99.6 Å². The Morgan fingerprint density at radius 2 is 2.00 bits per heavy atom. The average molecular weight is 296 g/mol. The van der Waals surface area contributed by atoms with Crippen molar-refractivity contribution in [2.24, 2.45) is 10.2 Å². The Morgan fingerprint density at radius 1 is 1.23 bits per heavy atom. The quantitative estimate of drug-likeness (QED) is 0.723. The van der Waals surface area contributed by atoms with Crippen LogP contribution in [0.5, 0.6) is 5.75 Å². The molecule has 7 nitrogen and oxygen atoms in total. The van der Waals surface area contributed by atoms with E-state index in [1.54, 1.807) is 34.9 Å². The Balaban J connectivity index is 2.15. The van der Waals surface area contributed by atoms with Gasteiger partial charge in [-0.25, -0.2) is 9.78 Å². The predicted octanol–water partition coefficient (Wildman–Crippen LogP) is 3.46. The number of aromatic nitrogens is 2. The molecule has 0 aliphatic carbocycles. The van der Waals surface area contributed by atoms with Crippen LogP contribution in [0.2, 0.25) is 0 Å². The van der Waals surface area contributed by atoms with E-state index in [2.05, 4.69) is 15.2 Å². The van der Waals surface area contributed by atoms with E-state index in [-0.39, 0.29) is 22.9 Å². The fraction of sp³-hybridized carbons (Fsp3) is 0.0667. The summed E-state index contributed by atoms with van der Waals surface area (Å²) in [5.74, 6) is -1.12. The molecule has 2 aromatic heterocycles. The number of rotatable bonds is 3. The van der Waals surface area contributed by atoms with Crippen LogP contribution in [0.3, 0.4) is 0 Å². The molecule has 3 aromatic rings. The molecule has 7 heteroatoms. The van der Waals surface area contributed by atoms with Gasteiger partial charge in [-0.05, 0) is 36.8 Å². The highest BCUT2D eigenvalue weighted by Crippen LogP contribution is 2.29. The van der Waals surface area contributed by atoms with Gasteiger partial charge in [0.25, 0.3) is 0 Å². The van der Waals surface area contributed by atoms with Gasteiger partial charge >= 0.3 is 5.97 Å². The lowest BCUT2D eigenvalue weighted by Gasteiger charge is -1.98. The van der Waals surface area contributed by atoms with Gasteiger partial charge < -0.3 is 10.2 Å². The van der Waals surface area contributed by atoms with Crippen LogP contribution in [0, 0.1) is 6.92 Å². The van der Waals surface area contributed by atoms with Gasteiger partial charge in [-0.2, -0.15) is 0 Å². The largest absolute Gasteiger partial charge is 0.506 e. The molecule has 0 bridgehead atoms. The van der Waals surface area contributed by atoms with E-state index in [9.17, 15) is 15.0 Å². The normalized spacial score (nSPS) is 11.3. The molecule has 1 aromatic carbocycles. The van der Waals surface area contributed by atoms with Crippen LogP contribution in [0.1, 0.15) is 16.1 Å². The lowest BCUT2D eigenvalue weighted by atomic mass is 10.3. The number of benzene rings is 1. The number of aryl methyl sites for hydroxylation is 1. The van der Waals surface area contributed by atoms with Crippen molar-refractivity contribution in [3.8, 4) is 5.75 Å². The number of nitrogens with zero attached hydrogens (tertiary/aromatic N) is 4. The van der Waals surface area contributed by atoms with Crippen molar-refractivity contribution in [3.05, 3.63) is 53.9 Å². The standard InChI is InChI=1S/C15H12N4O3/c1-9-6-7-19-12(8-9)16-13(15(21)22)14(19)18-17-10-4-2-3-5-11(10)20/h2-8,20H,1H3,(H,21,22). The molecular weight excluding hydrogens is 284 g/mol. The van der Waals surface area contributed by atoms with E-state index < -0.39 is 5.97 Å². The molecule has 0 saturated heterocycles. The molecule has 0 fully saturated rings. The van der Waals surface area contributed by atoms with Gasteiger partial charge in [0.05, 0.1) is 0 Å². The van der Waals surface area contributed by atoms with Crippen LogP contribution in [0.25, 0.3) is 5.65 Å². The Labute approximate surface area is 125 Å². The summed E-state index contributed by atoms with van der Waals surface area (Å²) in [7, 11) is 0. The molecule has 22 heavy (non-hydrogen) atoms. The van der Waals surface area contributed by atoms with Gasteiger partial charge in [-0.3, -0.25) is 4.40 Å². The zero-order valence-corrected chi connectivity index (χ0v) is 11.6. The maximum Gasteiger partial charge on any atom is 0.358 e. The number of para-hydroxylation sites is 1. The maximum absolute atomic E-state index is 11.3. The molecule has 3 rings (SSSR count). The number of azo groups is 1. The first kappa shape index (κ1) is 13.7. The Hall–Kier alpha value is -3.22. The van der Waals surface area contributed by atoms with E-state index in [0.29, 0.717) is 5.65 Å². The van der Waals surface area contributed by atoms with Gasteiger partial charge in [0.2, 0.25) is 0 Å². The van der Waals surface area contributed by atoms with Crippen LogP contribution in [0.15, 0.2) is 52.8 Å².